The first-order valence-corrected chi connectivity index (χ1v) is 11.6. The molecule has 0 radical (unpaired) electrons. The second-order valence-corrected chi connectivity index (χ2v) is 9.39. The summed E-state index contributed by atoms with van der Waals surface area (Å²) >= 11 is 6.95. The summed E-state index contributed by atoms with van der Waals surface area (Å²) in [6, 6.07) is 16.0. The van der Waals surface area contributed by atoms with Crippen molar-refractivity contribution in [2.75, 3.05) is 6.54 Å². The molecule has 0 atom stereocenters. The van der Waals surface area contributed by atoms with Gasteiger partial charge in [-0.05, 0) is 42.3 Å². The SMILES string of the molecule is CCn1c2c(c(=O)n(Cc3ccc(Br)cc3)c1=O)CN(Cc1cccc(Br)c1)CC2. The van der Waals surface area contributed by atoms with Crippen LogP contribution in [0.1, 0.15) is 29.3 Å². The van der Waals surface area contributed by atoms with Crippen LogP contribution in [0, 0.1) is 0 Å². The van der Waals surface area contributed by atoms with Gasteiger partial charge in [0.15, 0.2) is 0 Å². The topological polar surface area (TPSA) is 47.2 Å². The van der Waals surface area contributed by atoms with E-state index in [2.05, 4.69) is 48.9 Å². The maximum Gasteiger partial charge on any atom is 0.331 e. The molecule has 0 spiro atoms. The Morgan fingerprint density at radius 1 is 0.900 bits per heavy atom. The summed E-state index contributed by atoms with van der Waals surface area (Å²) in [5, 5.41) is 0. The first kappa shape index (κ1) is 21.3. The monoisotopic (exact) mass is 531 g/mol. The third-order valence-corrected chi connectivity index (χ3v) is 6.57. The van der Waals surface area contributed by atoms with Crippen molar-refractivity contribution < 1.29 is 0 Å². The van der Waals surface area contributed by atoms with Gasteiger partial charge in [0.05, 0.1) is 12.1 Å². The predicted molar refractivity (Wildman–Crippen MR) is 126 cm³/mol. The van der Waals surface area contributed by atoms with Crippen LogP contribution in [0.5, 0.6) is 0 Å². The number of fused-ring (bicyclic) bond motifs is 1. The Morgan fingerprint density at radius 3 is 2.37 bits per heavy atom. The van der Waals surface area contributed by atoms with Gasteiger partial charge in [0.1, 0.15) is 0 Å². The highest BCUT2D eigenvalue weighted by molar-refractivity contribution is 9.10. The van der Waals surface area contributed by atoms with E-state index in [0.717, 1.165) is 38.9 Å². The Bertz CT molecular complexity index is 1180. The molecule has 1 aliphatic heterocycles. The molecule has 0 saturated carbocycles. The van der Waals surface area contributed by atoms with E-state index >= 15 is 0 Å². The van der Waals surface area contributed by atoms with Crippen molar-refractivity contribution >= 4 is 31.9 Å². The number of benzene rings is 2. The summed E-state index contributed by atoms with van der Waals surface area (Å²) in [4.78, 5) is 28.7. The molecule has 1 aromatic heterocycles. The lowest BCUT2D eigenvalue weighted by atomic mass is 10.0. The van der Waals surface area contributed by atoms with Crippen molar-refractivity contribution in [2.45, 2.75) is 39.5 Å². The third-order valence-electron chi connectivity index (χ3n) is 5.55. The average molecular weight is 533 g/mol. The van der Waals surface area contributed by atoms with E-state index in [0.29, 0.717) is 19.5 Å². The van der Waals surface area contributed by atoms with Gasteiger partial charge in [-0.1, -0.05) is 56.1 Å². The van der Waals surface area contributed by atoms with Crippen LogP contribution in [0.3, 0.4) is 0 Å². The van der Waals surface area contributed by atoms with Crippen LogP contribution in [0.4, 0.5) is 0 Å². The van der Waals surface area contributed by atoms with Gasteiger partial charge in [0.25, 0.3) is 5.56 Å². The lowest BCUT2D eigenvalue weighted by Gasteiger charge is -2.30. The molecule has 4 rings (SSSR count). The van der Waals surface area contributed by atoms with Crippen LogP contribution in [0.25, 0.3) is 0 Å². The molecule has 0 bridgehead atoms. The van der Waals surface area contributed by atoms with E-state index in [9.17, 15) is 9.59 Å². The van der Waals surface area contributed by atoms with Crippen LogP contribution in [-0.4, -0.2) is 20.6 Å². The van der Waals surface area contributed by atoms with Crippen LogP contribution in [0.2, 0.25) is 0 Å². The maximum atomic E-state index is 13.3. The van der Waals surface area contributed by atoms with Gasteiger partial charge in [-0.2, -0.15) is 0 Å². The Kier molecular flexibility index (Phi) is 6.41. The lowest BCUT2D eigenvalue weighted by Crippen LogP contribution is -2.47. The average Bonchev–Trinajstić information content (AvgIpc) is 2.73. The number of halogens is 2. The highest BCUT2D eigenvalue weighted by atomic mass is 79.9. The van der Waals surface area contributed by atoms with Crippen molar-refractivity contribution in [1.82, 2.24) is 14.0 Å². The second kappa shape index (κ2) is 9.04. The molecule has 7 heteroatoms. The molecule has 30 heavy (non-hydrogen) atoms. The number of rotatable bonds is 5. The highest BCUT2D eigenvalue weighted by Gasteiger charge is 2.25. The molecule has 156 valence electrons. The maximum absolute atomic E-state index is 13.3. The Morgan fingerprint density at radius 2 is 1.67 bits per heavy atom. The van der Waals surface area contributed by atoms with Gasteiger partial charge in [0, 0.05) is 47.2 Å². The number of aromatic nitrogens is 2. The van der Waals surface area contributed by atoms with Crippen molar-refractivity contribution in [1.29, 1.82) is 0 Å². The zero-order valence-electron chi connectivity index (χ0n) is 16.8. The summed E-state index contributed by atoms with van der Waals surface area (Å²) in [5.41, 5.74) is 3.39. The first-order valence-electron chi connectivity index (χ1n) is 10.0. The minimum absolute atomic E-state index is 0.165. The number of hydrogen-bond acceptors (Lipinski definition) is 3. The van der Waals surface area contributed by atoms with E-state index in [4.69, 9.17) is 0 Å². The van der Waals surface area contributed by atoms with Crippen molar-refractivity contribution in [2.24, 2.45) is 0 Å². The third kappa shape index (κ3) is 4.38. The summed E-state index contributed by atoms with van der Waals surface area (Å²) < 4.78 is 5.17. The smallest absolute Gasteiger partial charge is 0.297 e. The molecule has 5 nitrogen and oxygen atoms in total. The van der Waals surface area contributed by atoms with Crippen LogP contribution < -0.4 is 11.2 Å². The highest BCUT2D eigenvalue weighted by Crippen LogP contribution is 2.19. The second-order valence-electron chi connectivity index (χ2n) is 7.56. The largest absolute Gasteiger partial charge is 0.331 e. The fourth-order valence-corrected chi connectivity index (χ4v) is 4.79. The van der Waals surface area contributed by atoms with Crippen LogP contribution >= 0.6 is 31.9 Å². The van der Waals surface area contributed by atoms with Gasteiger partial charge < -0.3 is 0 Å². The Balaban J connectivity index is 1.69. The molecule has 3 aromatic rings. The van der Waals surface area contributed by atoms with Crippen LogP contribution in [-0.2, 0) is 32.6 Å². The van der Waals surface area contributed by atoms with Crippen LogP contribution in [0.15, 0.2) is 67.1 Å². The van der Waals surface area contributed by atoms with Crippen molar-refractivity contribution in [3.63, 3.8) is 0 Å². The van der Waals surface area contributed by atoms with Gasteiger partial charge in [-0.15, -0.1) is 0 Å². The summed E-state index contributed by atoms with van der Waals surface area (Å²) in [6.45, 7) is 4.97. The van der Waals surface area contributed by atoms with Gasteiger partial charge >= 0.3 is 5.69 Å². The molecular weight excluding hydrogens is 510 g/mol. The minimum atomic E-state index is -0.218. The molecule has 2 aromatic carbocycles. The molecule has 0 aliphatic carbocycles. The van der Waals surface area contributed by atoms with Gasteiger partial charge in [-0.25, -0.2) is 4.79 Å². The fourth-order valence-electron chi connectivity index (χ4n) is 4.08. The molecule has 1 aliphatic rings. The van der Waals surface area contributed by atoms with Crippen molar-refractivity contribution in [3.05, 3.63) is 101 Å². The molecule has 0 amide bonds. The fraction of sp³-hybridized carbons (Fsp3) is 0.304. The molecule has 0 unspecified atom stereocenters. The zero-order valence-corrected chi connectivity index (χ0v) is 19.9. The number of nitrogens with zero attached hydrogens (tertiary/aromatic N) is 3. The zero-order chi connectivity index (χ0) is 21.3. The first-order chi connectivity index (χ1) is 14.5. The molecule has 0 N–H and O–H groups in total. The Labute approximate surface area is 192 Å². The van der Waals surface area contributed by atoms with E-state index in [1.807, 2.05) is 43.3 Å². The van der Waals surface area contributed by atoms with Gasteiger partial charge in [0.2, 0.25) is 0 Å². The molecule has 2 heterocycles. The summed E-state index contributed by atoms with van der Waals surface area (Å²) in [6.07, 6.45) is 0.709. The molecule has 0 saturated heterocycles. The molecular formula is C23H23Br2N3O2. The molecule has 0 fully saturated rings. The number of hydrogen-bond donors (Lipinski definition) is 0. The van der Waals surface area contributed by atoms with E-state index < -0.39 is 0 Å². The quantitative estimate of drug-likeness (QED) is 0.495. The minimum Gasteiger partial charge on any atom is -0.297 e. The van der Waals surface area contributed by atoms with E-state index in [1.54, 1.807) is 4.57 Å². The van der Waals surface area contributed by atoms with Gasteiger partial charge in [-0.3, -0.25) is 18.8 Å². The van der Waals surface area contributed by atoms with Crippen molar-refractivity contribution in [3.8, 4) is 0 Å². The van der Waals surface area contributed by atoms with E-state index in [1.165, 1.54) is 10.1 Å². The lowest BCUT2D eigenvalue weighted by molar-refractivity contribution is 0.236. The Hall–Kier alpha value is -1.96. The predicted octanol–water partition coefficient (Wildman–Crippen LogP) is 4.16. The summed E-state index contributed by atoms with van der Waals surface area (Å²) in [5.74, 6) is 0. The normalized spacial score (nSPS) is 14.0. The van der Waals surface area contributed by atoms with E-state index in [-0.39, 0.29) is 17.8 Å². The summed E-state index contributed by atoms with van der Waals surface area (Å²) in [7, 11) is 0. The standard InChI is InChI=1S/C23H23Br2N3O2/c1-2-27-21-10-11-26(13-17-4-3-5-19(25)12-17)15-20(21)22(29)28(23(27)30)14-16-6-8-18(24)9-7-16/h3-9,12H,2,10-11,13-15H2,1H3.